The van der Waals surface area contributed by atoms with E-state index < -0.39 is 0 Å². The molecular formula is C14H14ClN3S. The van der Waals surface area contributed by atoms with Gasteiger partial charge in [0.25, 0.3) is 0 Å². The van der Waals surface area contributed by atoms with Crippen LogP contribution in [0.2, 0.25) is 5.02 Å². The summed E-state index contributed by atoms with van der Waals surface area (Å²) in [6, 6.07) is 13.4. The summed E-state index contributed by atoms with van der Waals surface area (Å²) >= 11 is 11.2. The van der Waals surface area contributed by atoms with Gasteiger partial charge in [-0.1, -0.05) is 29.8 Å². The van der Waals surface area contributed by atoms with Gasteiger partial charge in [0, 0.05) is 24.9 Å². The molecule has 0 fully saturated rings. The topological polar surface area (TPSA) is 37.0 Å². The van der Waals surface area contributed by atoms with E-state index in [0.29, 0.717) is 10.1 Å². The van der Waals surface area contributed by atoms with Gasteiger partial charge in [0.15, 0.2) is 5.11 Å². The second kappa shape index (κ2) is 7.07. The van der Waals surface area contributed by atoms with Crippen molar-refractivity contribution in [3.05, 3.63) is 59.4 Å². The van der Waals surface area contributed by atoms with Crippen molar-refractivity contribution < 1.29 is 0 Å². The molecule has 0 atom stereocenters. The van der Waals surface area contributed by atoms with E-state index in [0.717, 1.165) is 24.3 Å². The lowest BCUT2D eigenvalue weighted by Crippen LogP contribution is -2.30. The molecule has 1 aromatic carbocycles. The molecule has 3 nitrogen and oxygen atoms in total. The maximum absolute atomic E-state index is 6.04. The van der Waals surface area contributed by atoms with Crippen LogP contribution in [0.15, 0.2) is 48.7 Å². The zero-order valence-corrected chi connectivity index (χ0v) is 11.8. The molecule has 0 saturated heterocycles. The standard InChI is InChI=1S/C14H14ClN3S/c15-12-6-1-2-7-13(12)18-14(19)17-10-8-11-5-3-4-9-16-11/h1-7,9H,8,10H2,(H2,17,18,19). The van der Waals surface area contributed by atoms with Gasteiger partial charge in [0.05, 0.1) is 10.7 Å². The molecule has 5 heteroatoms. The second-order valence-electron chi connectivity index (χ2n) is 3.93. The Morgan fingerprint density at radius 2 is 1.95 bits per heavy atom. The summed E-state index contributed by atoms with van der Waals surface area (Å²) in [5.41, 5.74) is 1.84. The summed E-state index contributed by atoms with van der Waals surface area (Å²) < 4.78 is 0. The number of hydrogen-bond donors (Lipinski definition) is 2. The van der Waals surface area contributed by atoms with Gasteiger partial charge in [-0.3, -0.25) is 4.98 Å². The Kier molecular flexibility index (Phi) is 5.12. The SMILES string of the molecule is S=C(NCCc1ccccn1)Nc1ccccc1Cl. The normalized spacial score (nSPS) is 9.95. The molecule has 1 heterocycles. The molecule has 0 aliphatic rings. The molecular weight excluding hydrogens is 278 g/mol. The van der Waals surface area contributed by atoms with Gasteiger partial charge in [-0.05, 0) is 36.5 Å². The predicted octanol–water partition coefficient (Wildman–Crippen LogP) is 3.26. The minimum Gasteiger partial charge on any atom is -0.362 e. The fraction of sp³-hybridized carbons (Fsp3) is 0.143. The number of anilines is 1. The Morgan fingerprint density at radius 1 is 1.16 bits per heavy atom. The van der Waals surface area contributed by atoms with Crippen LogP contribution >= 0.6 is 23.8 Å². The summed E-state index contributed by atoms with van der Waals surface area (Å²) in [5.74, 6) is 0. The zero-order chi connectivity index (χ0) is 13.5. The molecule has 98 valence electrons. The van der Waals surface area contributed by atoms with Gasteiger partial charge in [-0.15, -0.1) is 0 Å². The molecule has 0 unspecified atom stereocenters. The summed E-state index contributed by atoms with van der Waals surface area (Å²) in [4.78, 5) is 4.25. The molecule has 0 aliphatic heterocycles. The summed E-state index contributed by atoms with van der Waals surface area (Å²) in [6.45, 7) is 0.729. The van der Waals surface area contributed by atoms with E-state index in [4.69, 9.17) is 23.8 Å². The number of thiocarbonyl (C=S) groups is 1. The third-order valence-electron chi connectivity index (χ3n) is 2.51. The summed E-state index contributed by atoms with van der Waals surface area (Å²) in [7, 11) is 0. The van der Waals surface area contributed by atoms with Crippen molar-refractivity contribution in [1.29, 1.82) is 0 Å². The van der Waals surface area contributed by atoms with Crippen LogP contribution in [0.3, 0.4) is 0 Å². The maximum atomic E-state index is 6.04. The van der Waals surface area contributed by atoms with Crippen molar-refractivity contribution in [3.8, 4) is 0 Å². The minimum atomic E-state index is 0.559. The average molecular weight is 292 g/mol. The van der Waals surface area contributed by atoms with E-state index in [-0.39, 0.29) is 0 Å². The molecule has 2 rings (SSSR count). The smallest absolute Gasteiger partial charge is 0.170 e. The number of benzene rings is 1. The first-order chi connectivity index (χ1) is 9.25. The first kappa shape index (κ1) is 13.8. The number of halogens is 1. The molecule has 0 spiro atoms. The Balaban J connectivity index is 1.78. The largest absolute Gasteiger partial charge is 0.362 e. The van der Waals surface area contributed by atoms with Crippen LogP contribution in [0.5, 0.6) is 0 Å². The minimum absolute atomic E-state index is 0.559. The molecule has 1 aromatic heterocycles. The number of aromatic nitrogens is 1. The Bertz CT molecular complexity index is 545. The number of rotatable bonds is 4. The first-order valence-electron chi connectivity index (χ1n) is 5.95. The van der Waals surface area contributed by atoms with E-state index in [1.54, 1.807) is 6.20 Å². The molecule has 0 bridgehead atoms. The highest BCUT2D eigenvalue weighted by molar-refractivity contribution is 7.80. The van der Waals surface area contributed by atoms with Crippen molar-refractivity contribution in [3.63, 3.8) is 0 Å². The van der Waals surface area contributed by atoms with Crippen LogP contribution in [0.1, 0.15) is 5.69 Å². The fourth-order valence-corrected chi connectivity index (χ4v) is 1.97. The maximum Gasteiger partial charge on any atom is 0.170 e. The fourth-order valence-electron chi connectivity index (χ4n) is 1.58. The number of nitrogens with one attached hydrogen (secondary N) is 2. The van der Waals surface area contributed by atoms with Gasteiger partial charge in [-0.2, -0.15) is 0 Å². The molecule has 0 saturated carbocycles. The van der Waals surface area contributed by atoms with E-state index >= 15 is 0 Å². The second-order valence-corrected chi connectivity index (χ2v) is 4.75. The van der Waals surface area contributed by atoms with Crippen molar-refractivity contribution in [2.45, 2.75) is 6.42 Å². The Labute approximate surface area is 123 Å². The molecule has 19 heavy (non-hydrogen) atoms. The number of para-hydroxylation sites is 1. The van der Waals surface area contributed by atoms with Crippen molar-refractivity contribution in [1.82, 2.24) is 10.3 Å². The quantitative estimate of drug-likeness (QED) is 0.848. The van der Waals surface area contributed by atoms with Crippen molar-refractivity contribution >= 4 is 34.6 Å². The van der Waals surface area contributed by atoms with E-state index in [1.807, 2.05) is 42.5 Å². The van der Waals surface area contributed by atoms with Crippen molar-refractivity contribution in [2.24, 2.45) is 0 Å². The van der Waals surface area contributed by atoms with E-state index in [1.165, 1.54) is 0 Å². The highest BCUT2D eigenvalue weighted by Gasteiger charge is 2.01. The lowest BCUT2D eigenvalue weighted by molar-refractivity contribution is 0.847. The predicted molar refractivity (Wildman–Crippen MR) is 83.6 cm³/mol. The molecule has 2 aromatic rings. The third-order valence-corrected chi connectivity index (χ3v) is 3.09. The van der Waals surface area contributed by atoms with Gasteiger partial charge >= 0.3 is 0 Å². The van der Waals surface area contributed by atoms with Gasteiger partial charge in [0.2, 0.25) is 0 Å². The highest BCUT2D eigenvalue weighted by atomic mass is 35.5. The van der Waals surface area contributed by atoms with Gasteiger partial charge in [0.1, 0.15) is 0 Å². The Hall–Kier alpha value is -1.65. The summed E-state index contributed by atoms with van der Waals surface area (Å²) in [5, 5.41) is 7.40. The highest BCUT2D eigenvalue weighted by Crippen LogP contribution is 2.19. The van der Waals surface area contributed by atoms with Crippen LogP contribution in [0, 0.1) is 0 Å². The molecule has 0 amide bonds. The van der Waals surface area contributed by atoms with Crippen LogP contribution in [0.4, 0.5) is 5.69 Å². The monoisotopic (exact) mass is 291 g/mol. The zero-order valence-electron chi connectivity index (χ0n) is 10.3. The number of nitrogens with zero attached hydrogens (tertiary/aromatic N) is 1. The average Bonchev–Trinajstić information content (AvgIpc) is 2.43. The lowest BCUT2D eigenvalue weighted by Gasteiger charge is -2.11. The van der Waals surface area contributed by atoms with Gasteiger partial charge < -0.3 is 10.6 Å². The van der Waals surface area contributed by atoms with Crippen LogP contribution in [-0.2, 0) is 6.42 Å². The van der Waals surface area contributed by atoms with E-state index in [2.05, 4.69) is 15.6 Å². The number of hydrogen-bond acceptors (Lipinski definition) is 2. The first-order valence-corrected chi connectivity index (χ1v) is 6.73. The summed E-state index contributed by atoms with van der Waals surface area (Å²) in [6.07, 6.45) is 2.61. The van der Waals surface area contributed by atoms with Crippen molar-refractivity contribution in [2.75, 3.05) is 11.9 Å². The van der Waals surface area contributed by atoms with Crippen LogP contribution in [0.25, 0.3) is 0 Å². The molecule has 0 radical (unpaired) electrons. The Morgan fingerprint density at radius 3 is 2.68 bits per heavy atom. The third kappa shape index (κ3) is 4.50. The molecule has 2 N–H and O–H groups in total. The van der Waals surface area contributed by atoms with Crippen LogP contribution < -0.4 is 10.6 Å². The van der Waals surface area contributed by atoms with Gasteiger partial charge in [-0.25, -0.2) is 0 Å². The number of pyridine rings is 1. The van der Waals surface area contributed by atoms with E-state index in [9.17, 15) is 0 Å². The van der Waals surface area contributed by atoms with Crippen LogP contribution in [-0.4, -0.2) is 16.6 Å². The molecule has 0 aliphatic carbocycles. The lowest BCUT2D eigenvalue weighted by atomic mass is 10.3.